The molecular formula is C30H38N4O4. The van der Waals surface area contributed by atoms with E-state index in [0.29, 0.717) is 18.0 Å². The number of pyridine rings is 1. The number of aromatic nitrogens is 1. The van der Waals surface area contributed by atoms with E-state index in [9.17, 15) is 9.59 Å². The van der Waals surface area contributed by atoms with Crippen LogP contribution in [0.4, 0.5) is 5.69 Å². The van der Waals surface area contributed by atoms with Crippen molar-refractivity contribution >= 4 is 28.5 Å². The zero-order valence-corrected chi connectivity index (χ0v) is 22.9. The molecule has 1 amide bonds. The van der Waals surface area contributed by atoms with Gasteiger partial charge >= 0.3 is 5.97 Å². The Morgan fingerprint density at radius 1 is 1.13 bits per heavy atom. The Bertz CT molecular complexity index is 1280. The summed E-state index contributed by atoms with van der Waals surface area (Å²) in [5.74, 6) is 0.812. The van der Waals surface area contributed by atoms with Crippen LogP contribution in [-0.4, -0.2) is 54.6 Å². The molecule has 8 nitrogen and oxygen atoms in total. The number of carbonyl (C=O) groups excluding carboxylic acids is 2. The van der Waals surface area contributed by atoms with Gasteiger partial charge in [-0.05, 0) is 50.3 Å². The third-order valence-electron chi connectivity index (χ3n) is 6.97. The van der Waals surface area contributed by atoms with Crippen LogP contribution in [-0.2, 0) is 9.53 Å². The molecule has 1 aromatic heterocycles. The second kappa shape index (κ2) is 12.3. The number of ether oxygens (including phenoxy) is 2. The molecule has 1 unspecified atom stereocenters. The van der Waals surface area contributed by atoms with Crippen LogP contribution in [0, 0.1) is 5.92 Å². The molecule has 38 heavy (non-hydrogen) atoms. The molecular weight excluding hydrogens is 480 g/mol. The maximum absolute atomic E-state index is 13.5. The number of benzene rings is 2. The Morgan fingerprint density at radius 2 is 1.92 bits per heavy atom. The van der Waals surface area contributed by atoms with Crippen LogP contribution < -0.4 is 15.4 Å². The lowest BCUT2D eigenvalue weighted by Crippen LogP contribution is -2.33. The topological polar surface area (TPSA) is 92.8 Å². The van der Waals surface area contributed by atoms with Gasteiger partial charge in [-0.15, -0.1) is 0 Å². The maximum atomic E-state index is 13.5. The van der Waals surface area contributed by atoms with Gasteiger partial charge in [0.15, 0.2) is 0 Å². The zero-order chi connectivity index (χ0) is 27.2. The Labute approximate surface area is 224 Å². The summed E-state index contributed by atoms with van der Waals surface area (Å²) in [6.45, 7) is 6.92. The van der Waals surface area contributed by atoms with Gasteiger partial charge in [0.2, 0.25) is 5.91 Å². The van der Waals surface area contributed by atoms with Crippen LogP contribution in [0.2, 0.25) is 0 Å². The molecule has 2 N–H and O–H groups in total. The number of methoxy groups -OCH3 is 2. The smallest absolute Gasteiger partial charge is 0.338 e. The largest absolute Gasteiger partial charge is 0.497 e. The number of rotatable bonds is 11. The fraction of sp³-hybridized carbons (Fsp3) is 0.433. The van der Waals surface area contributed by atoms with Crippen LogP contribution >= 0.6 is 0 Å². The first-order valence-corrected chi connectivity index (χ1v) is 13.3. The highest BCUT2D eigenvalue weighted by Crippen LogP contribution is 2.32. The molecule has 2 aromatic carbocycles. The number of carbonyl (C=O) groups is 2. The molecule has 0 radical (unpaired) electrons. The molecule has 0 spiro atoms. The summed E-state index contributed by atoms with van der Waals surface area (Å²) in [6, 6.07) is 15.1. The number of hydrogen-bond donors (Lipinski definition) is 2. The predicted octanol–water partition coefficient (Wildman–Crippen LogP) is 5.16. The first-order valence-electron chi connectivity index (χ1n) is 13.3. The Kier molecular flexibility index (Phi) is 8.84. The van der Waals surface area contributed by atoms with Crippen LogP contribution in [0.3, 0.4) is 0 Å². The number of fused-ring (bicyclic) bond motifs is 1. The Morgan fingerprint density at radius 3 is 2.66 bits per heavy atom. The Balaban J connectivity index is 1.48. The van der Waals surface area contributed by atoms with Crippen molar-refractivity contribution in [3.8, 4) is 5.75 Å². The normalized spacial score (nSPS) is 18.2. The van der Waals surface area contributed by atoms with Crippen molar-refractivity contribution in [3.05, 3.63) is 65.9 Å². The minimum atomic E-state index is -0.404. The molecule has 0 saturated carbocycles. The monoisotopic (exact) mass is 518 g/mol. The molecule has 1 saturated heterocycles. The van der Waals surface area contributed by atoms with Gasteiger partial charge in [0.1, 0.15) is 11.9 Å². The van der Waals surface area contributed by atoms with E-state index in [1.54, 1.807) is 19.4 Å². The fourth-order valence-corrected chi connectivity index (χ4v) is 5.15. The van der Waals surface area contributed by atoms with Gasteiger partial charge in [0.25, 0.3) is 0 Å². The summed E-state index contributed by atoms with van der Waals surface area (Å²) in [6.07, 6.45) is 3.78. The van der Waals surface area contributed by atoms with Gasteiger partial charge in [0, 0.05) is 35.8 Å². The minimum Gasteiger partial charge on any atom is -0.497 e. The molecule has 1 fully saturated rings. The lowest BCUT2D eigenvalue weighted by molar-refractivity contribution is -0.130. The average molecular weight is 519 g/mol. The highest BCUT2D eigenvalue weighted by molar-refractivity contribution is 5.93. The van der Waals surface area contributed by atoms with E-state index in [0.717, 1.165) is 47.2 Å². The van der Waals surface area contributed by atoms with Gasteiger partial charge < -0.3 is 19.7 Å². The van der Waals surface area contributed by atoms with E-state index in [1.165, 1.54) is 7.11 Å². The summed E-state index contributed by atoms with van der Waals surface area (Å²) in [5, 5.41) is 8.09. The number of nitrogens with one attached hydrogen (secondary N) is 2. The lowest BCUT2D eigenvalue weighted by atomic mass is 10.0. The second-order valence-electron chi connectivity index (χ2n) is 10.3. The van der Waals surface area contributed by atoms with Gasteiger partial charge in [-0.1, -0.05) is 38.1 Å². The molecule has 4 rings (SSSR count). The first kappa shape index (κ1) is 27.4. The molecule has 3 atom stereocenters. The molecule has 0 bridgehead atoms. The number of esters is 1. The van der Waals surface area contributed by atoms with E-state index in [-0.39, 0.29) is 24.2 Å². The van der Waals surface area contributed by atoms with E-state index in [2.05, 4.69) is 36.4 Å². The van der Waals surface area contributed by atoms with Crippen molar-refractivity contribution in [1.29, 1.82) is 0 Å². The highest BCUT2D eigenvalue weighted by Gasteiger charge is 2.40. The van der Waals surface area contributed by atoms with Crippen molar-refractivity contribution in [2.24, 2.45) is 5.92 Å². The van der Waals surface area contributed by atoms with Crippen molar-refractivity contribution in [2.45, 2.75) is 58.3 Å². The maximum Gasteiger partial charge on any atom is 0.338 e. The molecule has 1 aliphatic heterocycles. The SMILES string of the molecule is COC(=O)c1ccccc1[C@H]1N[C@@H](CC(C)C)C(=O)N1CCCC(C)Nc1cc(OC)cc2cccnc12. The fourth-order valence-electron chi connectivity index (χ4n) is 5.15. The Hall–Kier alpha value is -3.65. The molecule has 8 heteroatoms. The second-order valence-corrected chi connectivity index (χ2v) is 10.3. The standard InChI is InChI=1S/C30H38N4O4/c1-19(2)16-26-29(35)34(28(33-26)23-12-6-7-13-24(23)30(36)38-5)15-9-10-20(3)32-25-18-22(37-4)17-21-11-8-14-31-27(21)25/h6-8,11-14,17-20,26,28,32-33H,9-10,15-16H2,1-5H3/t20?,26-,28-/m0/s1. The zero-order valence-electron chi connectivity index (χ0n) is 22.9. The van der Waals surface area contributed by atoms with Crippen LogP contribution in [0.1, 0.15) is 62.1 Å². The molecule has 1 aliphatic rings. The summed E-state index contributed by atoms with van der Waals surface area (Å²) in [5.41, 5.74) is 3.06. The van der Waals surface area contributed by atoms with E-state index >= 15 is 0 Å². The summed E-state index contributed by atoms with van der Waals surface area (Å²) >= 11 is 0. The minimum absolute atomic E-state index is 0.0759. The van der Waals surface area contributed by atoms with Crippen LogP contribution in [0.25, 0.3) is 10.9 Å². The molecule has 202 valence electrons. The number of hydrogen-bond acceptors (Lipinski definition) is 7. The molecule has 3 aromatic rings. The highest BCUT2D eigenvalue weighted by atomic mass is 16.5. The third kappa shape index (κ3) is 6.07. The van der Waals surface area contributed by atoms with Gasteiger partial charge in [-0.25, -0.2) is 4.79 Å². The lowest BCUT2D eigenvalue weighted by Gasteiger charge is -2.26. The summed E-state index contributed by atoms with van der Waals surface area (Å²) < 4.78 is 10.5. The summed E-state index contributed by atoms with van der Waals surface area (Å²) in [7, 11) is 3.04. The molecule has 0 aliphatic carbocycles. The van der Waals surface area contributed by atoms with Gasteiger partial charge in [-0.3, -0.25) is 15.1 Å². The number of nitrogens with zero attached hydrogens (tertiary/aromatic N) is 2. The van der Waals surface area contributed by atoms with Crippen LogP contribution in [0.15, 0.2) is 54.7 Å². The molecule has 2 heterocycles. The van der Waals surface area contributed by atoms with E-state index in [4.69, 9.17) is 9.47 Å². The van der Waals surface area contributed by atoms with E-state index < -0.39 is 5.97 Å². The number of anilines is 1. The quantitative estimate of drug-likeness (QED) is 0.339. The van der Waals surface area contributed by atoms with Crippen molar-refractivity contribution in [2.75, 3.05) is 26.1 Å². The predicted molar refractivity (Wildman–Crippen MR) is 149 cm³/mol. The first-order chi connectivity index (χ1) is 18.3. The van der Waals surface area contributed by atoms with Gasteiger partial charge in [-0.2, -0.15) is 0 Å². The van der Waals surface area contributed by atoms with Crippen LogP contribution in [0.5, 0.6) is 5.75 Å². The average Bonchev–Trinajstić information content (AvgIpc) is 3.22. The van der Waals surface area contributed by atoms with Crippen molar-refractivity contribution in [1.82, 2.24) is 15.2 Å². The summed E-state index contributed by atoms with van der Waals surface area (Å²) in [4.78, 5) is 32.4. The van der Waals surface area contributed by atoms with Gasteiger partial charge in [0.05, 0.1) is 37.0 Å². The number of amides is 1. The van der Waals surface area contributed by atoms with Crippen molar-refractivity contribution in [3.63, 3.8) is 0 Å². The van der Waals surface area contributed by atoms with E-state index in [1.807, 2.05) is 47.4 Å². The third-order valence-corrected chi connectivity index (χ3v) is 6.97. The van der Waals surface area contributed by atoms with Crippen molar-refractivity contribution < 1.29 is 19.1 Å².